The lowest BCUT2D eigenvalue weighted by Crippen LogP contribution is -2.58. The van der Waals surface area contributed by atoms with Crippen molar-refractivity contribution in [1.82, 2.24) is 0 Å². The van der Waals surface area contributed by atoms with Crippen molar-refractivity contribution in [2.75, 3.05) is 12.0 Å². The molecule has 2 aliphatic rings. The molecule has 5 N–H and O–H groups in total. The zero-order chi connectivity index (χ0) is 17.3. The zero-order valence-electron chi connectivity index (χ0n) is 13.5. The normalized spacial score (nSPS) is 19.6. The van der Waals surface area contributed by atoms with Gasteiger partial charge in [-0.1, -0.05) is 12.5 Å². The van der Waals surface area contributed by atoms with E-state index in [0.29, 0.717) is 11.4 Å². The quantitative estimate of drug-likeness (QED) is 0.770. The third kappa shape index (κ3) is 2.53. The molecule has 1 heterocycles. The Morgan fingerprint density at radius 1 is 1.29 bits per heavy atom. The topological polar surface area (TPSA) is 127 Å². The number of hydrogen-bond acceptors (Lipinski definition) is 7. The smallest absolute Gasteiger partial charge is 0.337 e. The van der Waals surface area contributed by atoms with Crippen LogP contribution < -0.4 is 21.1 Å². The summed E-state index contributed by atoms with van der Waals surface area (Å²) in [4.78, 5) is 22.1. The maximum absolute atomic E-state index is 11.8. The molecular weight excluding hydrogens is 310 g/mol. The summed E-state index contributed by atoms with van der Waals surface area (Å²) in [6, 6.07) is 4.85. The number of para-hydroxylation sites is 1. The van der Waals surface area contributed by atoms with Gasteiger partial charge >= 0.3 is 5.97 Å². The fourth-order valence-corrected chi connectivity index (χ4v) is 3.54. The highest BCUT2D eigenvalue weighted by Crippen LogP contribution is 2.44. The van der Waals surface area contributed by atoms with Gasteiger partial charge in [0.1, 0.15) is 17.1 Å². The Labute approximate surface area is 139 Å². The fraction of sp³-hybridized carbons (Fsp3) is 0.438. The number of nitrogens with zero attached hydrogens (tertiary/aromatic N) is 3. The number of benzene rings is 1. The van der Waals surface area contributed by atoms with Crippen LogP contribution in [-0.4, -0.2) is 35.8 Å². The second kappa shape index (κ2) is 6.03. The summed E-state index contributed by atoms with van der Waals surface area (Å²) in [6.45, 7) is 0. The Kier molecular flexibility index (Phi) is 4.04. The number of nitrogens with two attached hydrogens (primary N) is 2. The first-order valence-corrected chi connectivity index (χ1v) is 7.88. The summed E-state index contributed by atoms with van der Waals surface area (Å²) >= 11 is 0. The third-order valence-electron chi connectivity index (χ3n) is 4.52. The molecule has 8 nitrogen and oxygen atoms in total. The van der Waals surface area contributed by atoms with Gasteiger partial charge in [-0.2, -0.15) is 4.99 Å². The molecule has 1 aliphatic heterocycles. The van der Waals surface area contributed by atoms with Crippen LogP contribution in [0.1, 0.15) is 42.5 Å². The molecule has 1 fully saturated rings. The largest absolute Gasteiger partial charge is 0.495 e. The lowest BCUT2D eigenvalue weighted by Gasteiger charge is -2.46. The van der Waals surface area contributed by atoms with E-state index in [1.54, 1.807) is 17.0 Å². The number of aromatic carboxylic acids is 1. The molecule has 1 aromatic rings. The Morgan fingerprint density at radius 2 is 2.00 bits per heavy atom. The van der Waals surface area contributed by atoms with Gasteiger partial charge in [0.2, 0.25) is 11.9 Å². The van der Waals surface area contributed by atoms with E-state index < -0.39 is 11.6 Å². The molecule has 0 aromatic heterocycles. The molecule has 128 valence electrons. The second-order valence-electron chi connectivity index (χ2n) is 5.98. The number of carboxylic acids is 1. The second-order valence-corrected chi connectivity index (χ2v) is 5.98. The van der Waals surface area contributed by atoms with Crippen LogP contribution in [0.3, 0.4) is 0 Å². The van der Waals surface area contributed by atoms with E-state index in [1.807, 2.05) is 0 Å². The van der Waals surface area contributed by atoms with E-state index in [4.69, 9.17) is 16.2 Å². The molecule has 0 amide bonds. The number of rotatable bonds is 3. The molecule has 0 radical (unpaired) electrons. The van der Waals surface area contributed by atoms with Crippen LogP contribution in [0.2, 0.25) is 0 Å². The minimum absolute atomic E-state index is 0.0909. The molecular formula is C16H21N5O3. The van der Waals surface area contributed by atoms with Crippen molar-refractivity contribution >= 4 is 23.6 Å². The summed E-state index contributed by atoms with van der Waals surface area (Å²) in [5, 5.41) is 9.62. The maximum Gasteiger partial charge on any atom is 0.337 e. The van der Waals surface area contributed by atoms with E-state index in [0.717, 1.165) is 32.1 Å². The molecule has 0 unspecified atom stereocenters. The number of ether oxygens (including phenoxy) is 1. The molecule has 1 aromatic carbocycles. The lowest BCUT2D eigenvalue weighted by molar-refractivity contribution is 0.0697. The van der Waals surface area contributed by atoms with Gasteiger partial charge in [0, 0.05) is 0 Å². The minimum atomic E-state index is -1.06. The number of hydrogen-bond donors (Lipinski definition) is 3. The Morgan fingerprint density at radius 3 is 2.62 bits per heavy atom. The van der Waals surface area contributed by atoms with Crippen LogP contribution in [0, 0.1) is 0 Å². The SMILES string of the molecule is COc1cccc(C(=O)O)c1N1C(N)=NC(N)=NC12CCCCC2. The van der Waals surface area contributed by atoms with Crippen molar-refractivity contribution < 1.29 is 14.6 Å². The fourth-order valence-electron chi connectivity index (χ4n) is 3.54. The highest BCUT2D eigenvalue weighted by atomic mass is 16.5. The summed E-state index contributed by atoms with van der Waals surface area (Å²) in [7, 11) is 1.49. The number of carbonyl (C=O) groups is 1. The van der Waals surface area contributed by atoms with Crippen LogP contribution in [0.4, 0.5) is 5.69 Å². The van der Waals surface area contributed by atoms with E-state index in [1.165, 1.54) is 13.2 Å². The molecule has 1 spiro atoms. The Hall–Kier alpha value is -2.77. The summed E-state index contributed by atoms with van der Waals surface area (Å²) in [5.41, 5.74) is 11.8. The van der Waals surface area contributed by atoms with E-state index in [2.05, 4.69) is 9.98 Å². The van der Waals surface area contributed by atoms with Crippen LogP contribution in [-0.2, 0) is 0 Å². The number of carboxylic acid groups (broad SMARTS) is 1. The van der Waals surface area contributed by atoms with Crippen LogP contribution in [0.25, 0.3) is 0 Å². The van der Waals surface area contributed by atoms with Crippen LogP contribution >= 0.6 is 0 Å². The predicted molar refractivity (Wildman–Crippen MR) is 91.5 cm³/mol. The number of aliphatic imine (C=N–C) groups is 2. The molecule has 8 heteroatoms. The van der Waals surface area contributed by atoms with Crippen molar-refractivity contribution in [2.24, 2.45) is 21.5 Å². The van der Waals surface area contributed by atoms with Gasteiger partial charge in [-0.15, -0.1) is 0 Å². The lowest BCUT2D eigenvalue weighted by atomic mass is 9.87. The summed E-state index contributed by atoms with van der Waals surface area (Å²) < 4.78 is 5.40. The van der Waals surface area contributed by atoms with Gasteiger partial charge in [0.25, 0.3) is 0 Å². The third-order valence-corrected chi connectivity index (χ3v) is 4.52. The highest BCUT2D eigenvalue weighted by Gasteiger charge is 2.44. The van der Waals surface area contributed by atoms with Crippen molar-refractivity contribution in [3.05, 3.63) is 23.8 Å². The minimum Gasteiger partial charge on any atom is -0.495 e. The molecule has 3 rings (SSSR count). The molecule has 0 atom stereocenters. The van der Waals surface area contributed by atoms with Crippen molar-refractivity contribution in [3.8, 4) is 5.75 Å². The summed E-state index contributed by atoms with van der Waals surface area (Å²) in [6.07, 6.45) is 4.46. The maximum atomic E-state index is 11.8. The van der Waals surface area contributed by atoms with Crippen molar-refractivity contribution in [2.45, 2.75) is 37.8 Å². The predicted octanol–water partition coefficient (Wildman–Crippen LogP) is 1.50. The monoisotopic (exact) mass is 331 g/mol. The molecule has 1 aliphatic carbocycles. The molecule has 0 saturated heterocycles. The van der Waals surface area contributed by atoms with Gasteiger partial charge in [0.05, 0.1) is 12.7 Å². The Balaban J connectivity index is 2.23. The van der Waals surface area contributed by atoms with Gasteiger partial charge in [-0.25, -0.2) is 9.79 Å². The van der Waals surface area contributed by atoms with E-state index in [-0.39, 0.29) is 17.5 Å². The summed E-state index contributed by atoms with van der Waals surface area (Å²) in [5.74, 6) is -0.396. The first-order valence-electron chi connectivity index (χ1n) is 7.88. The van der Waals surface area contributed by atoms with Crippen molar-refractivity contribution in [1.29, 1.82) is 0 Å². The average Bonchev–Trinajstić information content (AvgIpc) is 2.54. The number of anilines is 1. The van der Waals surface area contributed by atoms with Crippen LogP contribution in [0.15, 0.2) is 28.2 Å². The van der Waals surface area contributed by atoms with Crippen molar-refractivity contribution in [3.63, 3.8) is 0 Å². The van der Waals surface area contributed by atoms with Gasteiger partial charge < -0.3 is 21.3 Å². The zero-order valence-corrected chi connectivity index (χ0v) is 13.5. The molecule has 1 saturated carbocycles. The average molecular weight is 331 g/mol. The van der Waals surface area contributed by atoms with Crippen LogP contribution in [0.5, 0.6) is 5.75 Å². The highest BCUT2D eigenvalue weighted by molar-refractivity contribution is 6.10. The first-order chi connectivity index (χ1) is 11.5. The van der Waals surface area contributed by atoms with E-state index in [9.17, 15) is 9.90 Å². The van der Waals surface area contributed by atoms with Gasteiger partial charge in [-0.3, -0.25) is 4.90 Å². The van der Waals surface area contributed by atoms with Gasteiger partial charge in [-0.05, 0) is 37.8 Å². The number of methoxy groups -OCH3 is 1. The number of guanidine groups is 2. The van der Waals surface area contributed by atoms with E-state index >= 15 is 0 Å². The standard InChI is InChI=1S/C16H21N5O3/c1-24-11-7-5-6-10(13(22)23)12(11)21-15(18)19-14(17)20-16(21)8-3-2-4-9-16/h5-7H,2-4,8-9H2,1H3,(H,22,23)(H4,17,18,19,20). The first kappa shape index (κ1) is 16.1. The molecule has 0 bridgehead atoms. The van der Waals surface area contributed by atoms with Gasteiger partial charge in [0.15, 0.2) is 0 Å². The molecule has 24 heavy (non-hydrogen) atoms. The Bertz CT molecular complexity index is 722.